The van der Waals surface area contributed by atoms with Crippen molar-refractivity contribution in [1.29, 1.82) is 0 Å². The van der Waals surface area contributed by atoms with Gasteiger partial charge in [0.2, 0.25) is 0 Å². The molecule has 1 aliphatic carbocycles. The molecule has 2 rings (SSSR count). The summed E-state index contributed by atoms with van der Waals surface area (Å²) in [7, 11) is 0. The Labute approximate surface area is 116 Å². The molecular formula is C17H26FN. The molecule has 2 heteroatoms. The minimum Gasteiger partial charge on any atom is -0.314 e. The van der Waals surface area contributed by atoms with Crippen LogP contribution in [0.2, 0.25) is 0 Å². The summed E-state index contributed by atoms with van der Waals surface area (Å²) in [5.41, 5.74) is 0.869. The first-order valence-electron chi connectivity index (χ1n) is 7.65. The van der Waals surface area contributed by atoms with E-state index >= 15 is 0 Å². The average Bonchev–Trinajstić information content (AvgIpc) is 3.22. The lowest BCUT2D eigenvalue weighted by Crippen LogP contribution is -2.27. The van der Waals surface area contributed by atoms with Crippen LogP contribution in [0.4, 0.5) is 4.39 Å². The van der Waals surface area contributed by atoms with Crippen molar-refractivity contribution < 1.29 is 4.39 Å². The third kappa shape index (κ3) is 4.94. The first-order chi connectivity index (χ1) is 9.19. The van der Waals surface area contributed by atoms with Crippen LogP contribution < -0.4 is 5.32 Å². The van der Waals surface area contributed by atoms with Gasteiger partial charge < -0.3 is 5.32 Å². The van der Waals surface area contributed by atoms with Crippen LogP contribution in [0.25, 0.3) is 0 Å². The standard InChI is InChI=1S/C17H26FN/c1-3-13(2)10-14(12-19-16-8-9-16)11-15-6-4-5-7-17(15)18/h4-7,13-14,16,19H,3,8-12H2,1-2H3. The molecule has 0 saturated heterocycles. The van der Waals surface area contributed by atoms with Gasteiger partial charge in [0.25, 0.3) is 0 Å². The van der Waals surface area contributed by atoms with Crippen molar-refractivity contribution in [3.8, 4) is 0 Å². The lowest BCUT2D eigenvalue weighted by Gasteiger charge is -2.21. The molecule has 0 spiro atoms. The number of nitrogens with one attached hydrogen (secondary N) is 1. The number of benzene rings is 1. The minimum atomic E-state index is -0.0527. The van der Waals surface area contributed by atoms with Gasteiger partial charge in [-0.15, -0.1) is 0 Å². The molecule has 19 heavy (non-hydrogen) atoms. The molecule has 0 bridgehead atoms. The van der Waals surface area contributed by atoms with Gasteiger partial charge in [-0.1, -0.05) is 38.5 Å². The number of halogens is 1. The van der Waals surface area contributed by atoms with Gasteiger partial charge in [0.05, 0.1) is 0 Å². The molecule has 1 saturated carbocycles. The van der Waals surface area contributed by atoms with Crippen LogP contribution in [0.3, 0.4) is 0 Å². The smallest absolute Gasteiger partial charge is 0.126 e. The Balaban J connectivity index is 1.92. The van der Waals surface area contributed by atoms with Crippen molar-refractivity contribution >= 4 is 0 Å². The summed E-state index contributed by atoms with van der Waals surface area (Å²) in [6.45, 7) is 5.56. The fourth-order valence-electron chi connectivity index (χ4n) is 2.57. The number of rotatable bonds is 8. The number of hydrogen-bond donors (Lipinski definition) is 1. The highest BCUT2D eigenvalue weighted by atomic mass is 19.1. The van der Waals surface area contributed by atoms with Crippen LogP contribution in [0, 0.1) is 17.7 Å². The molecule has 1 aromatic carbocycles. The Bertz CT molecular complexity index is 387. The van der Waals surface area contributed by atoms with E-state index in [1.165, 1.54) is 25.7 Å². The Morgan fingerprint density at radius 2 is 2.05 bits per heavy atom. The summed E-state index contributed by atoms with van der Waals surface area (Å²) in [5, 5.41) is 3.60. The Morgan fingerprint density at radius 1 is 1.32 bits per heavy atom. The molecule has 106 valence electrons. The van der Waals surface area contributed by atoms with Crippen LogP contribution in [0.15, 0.2) is 24.3 Å². The van der Waals surface area contributed by atoms with Gasteiger partial charge in [-0.05, 0) is 55.7 Å². The van der Waals surface area contributed by atoms with Crippen LogP contribution in [-0.2, 0) is 6.42 Å². The van der Waals surface area contributed by atoms with Gasteiger partial charge >= 0.3 is 0 Å². The van der Waals surface area contributed by atoms with Crippen molar-refractivity contribution in [2.24, 2.45) is 11.8 Å². The quantitative estimate of drug-likeness (QED) is 0.742. The molecule has 1 aliphatic rings. The van der Waals surface area contributed by atoms with Crippen molar-refractivity contribution in [3.05, 3.63) is 35.6 Å². The molecule has 1 aromatic rings. The van der Waals surface area contributed by atoms with E-state index in [9.17, 15) is 4.39 Å². The maximum Gasteiger partial charge on any atom is 0.126 e. The van der Waals surface area contributed by atoms with Crippen LogP contribution in [-0.4, -0.2) is 12.6 Å². The zero-order valence-corrected chi connectivity index (χ0v) is 12.2. The summed E-state index contributed by atoms with van der Waals surface area (Å²) in [4.78, 5) is 0. The fourth-order valence-corrected chi connectivity index (χ4v) is 2.57. The van der Waals surface area contributed by atoms with Gasteiger partial charge in [0.15, 0.2) is 0 Å². The van der Waals surface area contributed by atoms with Crippen LogP contribution in [0.5, 0.6) is 0 Å². The van der Waals surface area contributed by atoms with E-state index in [4.69, 9.17) is 0 Å². The Hall–Kier alpha value is -0.890. The summed E-state index contributed by atoms with van der Waals surface area (Å²) < 4.78 is 13.8. The van der Waals surface area contributed by atoms with E-state index in [0.717, 1.165) is 30.5 Å². The third-order valence-corrected chi connectivity index (χ3v) is 4.17. The summed E-state index contributed by atoms with van der Waals surface area (Å²) in [6.07, 6.45) is 5.88. The largest absolute Gasteiger partial charge is 0.314 e. The molecule has 0 radical (unpaired) electrons. The van der Waals surface area contributed by atoms with Gasteiger partial charge in [0.1, 0.15) is 5.82 Å². The molecule has 0 aliphatic heterocycles. The van der Waals surface area contributed by atoms with Gasteiger partial charge in [-0.2, -0.15) is 0 Å². The summed E-state index contributed by atoms with van der Waals surface area (Å²) >= 11 is 0. The second-order valence-electron chi connectivity index (χ2n) is 6.09. The molecule has 0 amide bonds. The fraction of sp³-hybridized carbons (Fsp3) is 0.647. The van der Waals surface area contributed by atoms with E-state index in [1.54, 1.807) is 12.1 Å². The van der Waals surface area contributed by atoms with Gasteiger partial charge in [0, 0.05) is 6.04 Å². The first-order valence-corrected chi connectivity index (χ1v) is 7.65. The third-order valence-electron chi connectivity index (χ3n) is 4.17. The lowest BCUT2D eigenvalue weighted by molar-refractivity contribution is 0.359. The normalized spacial score (nSPS) is 18.3. The lowest BCUT2D eigenvalue weighted by atomic mass is 9.89. The Morgan fingerprint density at radius 3 is 2.68 bits per heavy atom. The van der Waals surface area contributed by atoms with Crippen molar-refractivity contribution in [2.75, 3.05) is 6.54 Å². The zero-order valence-electron chi connectivity index (χ0n) is 12.2. The van der Waals surface area contributed by atoms with Crippen molar-refractivity contribution in [1.82, 2.24) is 5.32 Å². The number of hydrogen-bond acceptors (Lipinski definition) is 1. The summed E-state index contributed by atoms with van der Waals surface area (Å²) in [6, 6.07) is 7.94. The first kappa shape index (κ1) is 14.5. The maximum absolute atomic E-state index is 13.8. The maximum atomic E-state index is 13.8. The molecular weight excluding hydrogens is 237 g/mol. The monoisotopic (exact) mass is 263 g/mol. The molecule has 1 nitrogen and oxygen atoms in total. The van der Waals surface area contributed by atoms with E-state index in [1.807, 2.05) is 12.1 Å². The highest BCUT2D eigenvalue weighted by Crippen LogP contribution is 2.23. The van der Waals surface area contributed by atoms with E-state index in [2.05, 4.69) is 19.2 Å². The predicted molar refractivity (Wildman–Crippen MR) is 78.7 cm³/mol. The molecule has 2 atom stereocenters. The molecule has 1 N–H and O–H groups in total. The van der Waals surface area contributed by atoms with E-state index in [-0.39, 0.29) is 5.82 Å². The second-order valence-corrected chi connectivity index (χ2v) is 6.09. The van der Waals surface area contributed by atoms with E-state index < -0.39 is 0 Å². The van der Waals surface area contributed by atoms with Gasteiger partial charge in [-0.25, -0.2) is 4.39 Å². The molecule has 0 aromatic heterocycles. The van der Waals surface area contributed by atoms with E-state index in [0.29, 0.717) is 5.92 Å². The highest BCUT2D eigenvalue weighted by Gasteiger charge is 2.23. The second kappa shape index (κ2) is 7.04. The van der Waals surface area contributed by atoms with Crippen LogP contribution in [0.1, 0.15) is 45.1 Å². The van der Waals surface area contributed by atoms with Crippen molar-refractivity contribution in [3.63, 3.8) is 0 Å². The average molecular weight is 263 g/mol. The molecule has 1 fully saturated rings. The SMILES string of the molecule is CCC(C)CC(CNC1CC1)Cc1ccccc1F. The highest BCUT2D eigenvalue weighted by molar-refractivity contribution is 5.18. The Kier molecular flexibility index (Phi) is 5.38. The van der Waals surface area contributed by atoms with Gasteiger partial charge in [-0.3, -0.25) is 0 Å². The minimum absolute atomic E-state index is 0.0527. The summed E-state index contributed by atoms with van der Waals surface area (Å²) in [5.74, 6) is 1.22. The van der Waals surface area contributed by atoms with Crippen LogP contribution >= 0.6 is 0 Å². The van der Waals surface area contributed by atoms with Crippen molar-refractivity contribution in [2.45, 2.75) is 52.0 Å². The zero-order chi connectivity index (χ0) is 13.7. The predicted octanol–water partition coefficient (Wildman–Crippen LogP) is 4.17. The molecule has 0 heterocycles. The topological polar surface area (TPSA) is 12.0 Å². The molecule has 2 unspecified atom stereocenters.